The molecule has 0 spiro atoms. The average Bonchev–Trinajstić information content (AvgIpc) is 3.23. The number of nitrogens with one attached hydrogen (secondary N) is 1. The van der Waals surface area contributed by atoms with Gasteiger partial charge < -0.3 is 14.6 Å². The summed E-state index contributed by atoms with van der Waals surface area (Å²) in [5.41, 5.74) is 3.44. The number of aromatic nitrogens is 3. The molecule has 4 rings (SSSR count). The van der Waals surface area contributed by atoms with Crippen LogP contribution in [-0.2, 0) is 4.74 Å². The monoisotopic (exact) mass is 310 g/mol. The van der Waals surface area contributed by atoms with Gasteiger partial charge >= 0.3 is 0 Å². The van der Waals surface area contributed by atoms with Gasteiger partial charge in [0.05, 0.1) is 6.10 Å². The third-order valence-electron chi connectivity index (χ3n) is 4.12. The number of hydrogen-bond donors (Lipinski definition) is 1. The first-order valence-corrected chi connectivity index (χ1v) is 7.84. The van der Waals surface area contributed by atoms with Crippen molar-refractivity contribution >= 4 is 16.9 Å². The van der Waals surface area contributed by atoms with E-state index < -0.39 is 0 Å². The van der Waals surface area contributed by atoms with E-state index in [2.05, 4.69) is 39.5 Å². The van der Waals surface area contributed by atoms with Crippen molar-refractivity contribution in [1.82, 2.24) is 15.1 Å². The van der Waals surface area contributed by atoms with Crippen LogP contribution in [0.5, 0.6) is 0 Å². The number of fused-ring (bicyclic) bond motifs is 1. The number of anilines is 1. The third-order valence-corrected chi connectivity index (χ3v) is 4.12. The predicted molar refractivity (Wildman–Crippen MR) is 87.2 cm³/mol. The lowest BCUT2D eigenvalue weighted by Gasteiger charge is -2.11. The first-order chi connectivity index (χ1) is 11.3. The molecule has 1 atom stereocenters. The molecule has 0 radical (unpaired) electrons. The summed E-state index contributed by atoms with van der Waals surface area (Å²) in [5, 5.41) is 8.36. The highest BCUT2D eigenvalue weighted by Gasteiger charge is 2.19. The molecule has 6 nitrogen and oxygen atoms in total. The van der Waals surface area contributed by atoms with Gasteiger partial charge in [0, 0.05) is 18.7 Å². The average molecular weight is 310 g/mol. The van der Waals surface area contributed by atoms with E-state index >= 15 is 0 Å². The van der Waals surface area contributed by atoms with Crippen molar-refractivity contribution in [3.05, 3.63) is 36.2 Å². The van der Waals surface area contributed by atoms with E-state index in [1.807, 2.05) is 12.1 Å². The highest BCUT2D eigenvalue weighted by atomic mass is 16.5. The van der Waals surface area contributed by atoms with E-state index in [0.29, 0.717) is 5.71 Å². The van der Waals surface area contributed by atoms with Crippen LogP contribution >= 0.6 is 0 Å². The molecule has 0 unspecified atom stereocenters. The highest BCUT2D eigenvalue weighted by molar-refractivity contribution is 5.97. The Kier molecular flexibility index (Phi) is 3.67. The Bertz CT molecular complexity index is 807. The molecule has 1 aliphatic heterocycles. The van der Waals surface area contributed by atoms with E-state index in [1.54, 1.807) is 0 Å². The smallest absolute Gasteiger partial charge is 0.263 e. The molecule has 118 valence electrons. The van der Waals surface area contributed by atoms with Gasteiger partial charge in [0.25, 0.3) is 5.71 Å². The van der Waals surface area contributed by atoms with Crippen molar-refractivity contribution in [2.24, 2.45) is 0 Å². The number of benzene rings is 1. The molecule has 0 aliphatic carbocycles. The first kappa shape index (κ1) is 14.1. The maximum Gasteiger partial charge on any atom is 0.263 e. The second-order valence-electron chi connectivity index (χ2n) is 5.82. The zero-order valence-corrected chi connectivity index (χ0v) is 13.0. The molecule has 0 saturated carbocycles. The van der Waals surface area contributed by atoms with E-state index in [9.17, 15) is 0 Å². The first-order valence-electron chi connectivity index (χ1n) is 7.84. The minimum absolute atomic E-state index is 0.239. The molecule has 0 bridgehead atoms. The van der Waals surface area contributed by atoms with E-state index in [0.717, 1.165) is 48.5 Å². The van der Waals surface area contributed by atoms with Crippen molar-refractivity contribution < 1.29 is 9.26 Å². The molecule has 1 saturated heterocycles. The Labute approximate surface area is 133 Å². The van der Waals surface area contributed by atoms with Crippen molar-refractivity contribution in [2.45, 2.75) is 25.9 Å². The molecular weight excluding hydrogens is 292 g/mol. The van der Waals surface area contributed by atoms with E-state index in [-0.39, 0.29) is 6.10 Å². The summed E-state index contributed by atoms with van der Waals surface area (Å²) < 4.78 is 11.0. The van der Waals surface area contributed by atoms with E-state index in [1.165, 1.54) is 11.9 Å². The van der Waals surface area contributed by atoms with Crippen LogP contribution in [0.3, 0.4) is 0 Å². The summed E-state index contributed by atoms with van der Waals surface area (Å²) in [7, 11) is 0. The zero-order chi connectivity index (χ0) is 15.6. The Morgan fingerprint density at radius 3 is 2.87 bits per heavy atom. The third kappa shape index (κ3) is 2.77. The molecule has 2 aromatic heterocycles. The van der Waals surface area contributed by atoms with Gasteiger partial charge in [0.2, 0.25) is 0 Å². The maximum atomic E-state index is 5.65. The Morgan fingerprint density at radius 1 is 1.22 bits per heavy atom. The summed E-state index contributed by atoms with van der Waals surface area (Å²) in [6, 6.07) is 8.17. The molecule has 3 aromatic rings. The fourth-order valence-electron chi connectivity index (χ4n) is 2.84. The minimum Gasteiger partial charge on any atom is -0.376 e. The quantitative estimate of drug-likeness (QED) is 0.798. The van der Waals surface area contributed by atoms with Gasteiger partial charge in [-0.05, 0) is 19.8 Å². The maximum absolute atomic E-state index is 5.65. The summed E-state index contributed by atoms with van der Waals surface area (Å²) in [4.78, 5) is 8.54. The van der Waals surface area contributed by atoms with Gasteiger partial charge in [-0.3, -0.25) is 0 Å². The summed E-state index contributed by atoms with van der Waals surface area (Å²) in [5.74, 6) is 0.738. The van der Waals surface area contributed by atoms with Gasteiger partial charge in [-0.15, -0.1) is 0 Å². The van der Waals surface area contributed by atoms with Crippen molar-refractivity contribution in [1.29, 1.82) is 0 Å². The SMILES string of the molecule is Cc1ccc(-c2noc3ncnc(NC[C@@H]4CCCO4)c23)cc1. The normalized spacial score (nSPS) is 17.7. The standard InChI is InChI=1S/C17H18N4O2/c1-11-4-6-12(7-5-11)15-14-16(18-9-13-3-2-8-22-13)19-10-20-17(14)23-21-15/h4-7,10,13H,2-3,8-9H2,1H3,(H,18,19,20)/t13-/m0/s1. The molecule has 1 aliphatic rings. The molecule has 0 amide bonds. The molecule has 23 heavy (non-hydrogen) atoms. The Morgan fingerprint density at radius 2 is 2.09 bits per heavy atom. The van der Waals surface area contributed by atoms with Gasteiger partial charge in [-0.2, -0.15) is 4.98 Å². The van der Waals surface area contributed by atoms with Crippen LogP contribution in [0, 0.1) is 6.92 Å². The lowest BCUT2D eigenvalue weighted by atomic mass is 10.1. The van der Waals surface area contributed by atoms with Crippen LogP contribution in [0.2, 0.25) is 0 Å². The molecule has 1 fully saturated rings. The molecule has 1 aromatic carbocycles. The number of rotatable bonds is 4. The molecule has 1 N–H and O–H groups in total. The fourth-order valence-corrected chi connectivity index (χ4v) is 2.84. The second-order valence-corrected chi connectivity index (χ2v) is 5.82. The zero-order valence-electron chi connectivity index (χ0n) is 13.0. The molecule has 6 heteroatoms. The largest absolute Gasteiger partial charge is 0.376 e. The van der Waals surface area contributed by atoms with E-state index in [4.69, 9.17) is 9.26 Å². The van der Waals surface area contributed by atoms with Crippen molar-refractivity contribution in [3.8, 4) is 11.3 Å². The number of nitrogens with zero attached hydrogens (tertiary/aromatic N) is 3. The van der Waals surface area contributed by atoms with Gasteiger partial charge in [0.15, 0.2) is 0 Å². The second kappa shape index (κ2) is 5.96. The predicted octanol–water partition coefficient (Wildman–Crippen LogP) is 3.18. The van der Waals surface area contributed by atoms with Gasteiger partial charge in [-0.1, -0.05) is 35.0 Å². The fraction of sp³-hybridized carbons (Fsp3) is 0.353. The topological polar surface area (TPSA) is 73.1 Å². The van der Waals surface area contributed by atoms with Crippen LogP contribution in [0.1, 0.15) is 18.4 Å². The molecular formula is C17H18N4O2. The minimum atomic E-state index is 0.239. The van der Waals surface area contributed by atoms with Gasteiger partial charge in [0.1, 0.15) is 23.2 Å². The molecule has 3 heterocycles. The Hall–Kier alpha value is -2.47. The van der Waals surface area contributed by atoms with Crippen LogP contribution < -0.4 is 5.32 Å². The summed E-state index contributed by atoms with van der Waals surface area (Å²) >= 11 is 0. The summed E-state index contributed by atoms with van der Waals surface area (Å²) in [6.07, 6.45) is 3.93. The van der Waals surface area contributed by atoms with Gasteiger partial charge in [-0.25, -0.2) is 4.98 Å². The van der Waals surface area contributed by atoms with Crippen LogP contribution in [0.15, 0.2) is 35.1 Å². The van der Waals surface area contributed by atoms with Crippen LogP contribution in [-0.4, -0.2) is 34.4 Å². The van der Waals surface area contributed by atoms with Crippen LogP contribution in [0.25, 0.3) is 22.4 Å². The lowest BCUT2D eigenvalue weighted by Crippen LogP contribution is -2.19. The number of hydrogen-bond acceptors (Lipinski definition) is 6. The number of ether oxygens (including phenoxy) is 1. The van der Waals surface area contributed by atoms with Crippen LogP contribution in [0.4, 0.5) is 5.82 Å². The number of aryl methyl sites for hydroxylation is 1. The highest BCUT2D eigenvalue weighted by Crippen LogP contribution is 2.31. The van der Waals surface area contributed by atoms with Crippen molar-refractivity contribution in [2.75, 3.05) is 18.5 Å². The van der Waals surface area contributed by atoms with Crippen molar-refractivity contribution in [3.63, 3.8) is 0 Å². The Balaban J connectivity index is 1.69. The summed E-state index contributed by atoms with van der Waals surface area (Å²) in [6.45, 7) is 3.63. The lowest BCUT2D eigenvalue weighted by molar-refractivity contribution is 0.120.